The summed E-state index contributed by atoms with van der Waals surface area (Å²) in [5.41, 5.74) is 7.18. The second kappa shape index (κ2) is 23.4. The number of likely N-dealkylation sites (N-methyl/N-ethyl adjacent to an activating group) is 1. The summed E-state index contributed by atoms with van der Waals surface area (Å²) < 4.78 is 22.7. The van der Waals surface area contributed by atoms with E-state index in [2.05, 4.69) is 47.0 Å². The van der Waals surface area contributed by atoms with Gasteiger partial charge in [0.25, 0.3) is 5.91 Å². The van der Waals surface area contributed by atoms with E-state index >= 15 is 0 Å². The number of anilines is 1. The molecular formula is C48H53ClN4O9. The molecule has 6 rings (SSSR count). The smallest absolute Gasteiger partial charge is 0.255 e. The number of benzene rings is 4. The van der Waals surface area contributed by atoms with Gasteiger partial charge in [-0.05, 0) is 64.9 Å². The van der Waals surface area contributed by atoms with E-state index in [1.807, 2.05) is 48.5 Å². The normalized spacial score (nSPS) is 15.2. The van der Waals surface area contributed by atoms with Crippen molar-refractivity contribution in [1.29, 1.82) is 0 Å². The lowest BCUT2D eigenvalue weighted by Gasteiger charge is -2.29. The summed E-state index contributed by atoms with van der Waals surface area (Å²) in [4.78, 5) is 65.4. The molecule has 0 aromatic heterocycles. The van der Waals surface area contributed by atoms with E-state index in [1.165, 1.54) is 10.5 Å². The molecule has 2 aliphatic rings. The molecule has 2 N–H and O–H groups in total. The molecule has 2 aliphatic heterocycles. The summed E-state index contributed by atoms with van der Waals surface area (Å²) in [6.07, 6.45) is 1.48. The number of carbonyl (C=O) groups excluding carboxylic acids is 5. The van der Waals surface area contributed by atoms with Crippen molar-refractivity contribution in [2.75, 3.05) is 71.0 Å². The summed E-state index contributed by atoms with van der Waals surface area (Å²) >= 11 is 6.30. The van der Waals surface area contributed by atoms with Crippen LogP contribution in [0.3, 0.4) is 0 Å². The Labute approximate surface area is 367 Å². The number of imide groups is 1. The molecule has 0 saturated carbocycles. The molecule has 5 amide bonds. The van der Waals surface area contributed by atoms with Crippen LogP contribution in [0.2, 0.25) is 0 Å². The first-order valence-corrected chi connectivity index (χ1v) is 21.4. The van der Waals surface area contributed by atoms with Gasteiger partial charge in [0.15, 0.2) is 0 Å². The van der Waals surface area contributed by atoms with Crippen LogP contribution < -0.4 is 15.4 Å². The van der Waals surface area contributed by atoms with Crippen molar-refractivity contribution in [2.24, 2.45) is 0 Å². The van der Waals surface area contributed by atoms with Crippen LogP contribution in [0.15, 0.2) is 103 Å². The van der Waals surface area contributed by atoms with Gasteiger partial charge in [-0.3, -0.25) is 29.3 Å². The number of hydrogen-bond acceptors (Lipinski definition) is 9. The Bertz CT molecular complexity index is 2180. The highest BCUT2D eigenvalue weighted by molar-refractivity contribution is 6.18. The molecule has 0 bridgehead atoms. The predicted molar refractivity (Wildman–Crippen MR) is 237 cm³/mol. The quantitative estimate of drug-likeness (QED) is 0.0377. The summed E-state index contributed by atoms with van der Waals surface area (Å²) in [5, 5.41) is 5.14. The molecule has 0 aliphatic carbocycles. The van der Waals surface area contributed by atoms with Crippen LogP contribution in [0.5, 0.6) is 5.75 Å². The van der Waals surface area contributed by atoms with Gasteiger partial charge in [-0.25, -0.2) is 0 Å². The van der Waals surface area contributed by atoms with E-state index in [0.29, 0.717) is 61.4 Å². The average molecular weight is 865 g/mol. The minimum atomic E-state index is -0.732. The van der Waals surface area contributed by atoms with E-state index in [1.54, 1.807) is 30.1 Å². The van der Waals surface area contributed by atoms with Gasteiger partial charge in [-0.1, -0.05) is 78.9 Å². The van der Waals surface area contributed by atoms with Gasteiger partial charge >= 0.3 is 0 Å². The summed E-state index contributed by atoms with van der Waals surface area (Å²) in [7, 11) is 1.75. The molecule has 1 saturated heterocycles. The predicted octanol–water partition coefficient (Wildman–Crippen LogP) is 6.34. The van der Waals surface area contributed by atoms with E-state index in [-0.39, 0.29) is 75.7 Å². The molecule has 62 heavy (non-hydrogen) atoms. The van der Waals surface area contributed by atoms with Gasteiger partial charge in [0.1, 0.15) is 18.4 Å². The number of allylic oxidation sites excluding steroid dienone is 1. The molecule has 4 aromatic carbocycles. The lowest BCUT2D eigenvalue weighted by atomic mass is 9.88. The fourth-order valence-electron chi connectivity index (χ4n) is 7.38. The Morgan fingerprint density at radius 1 is 0.742 bits per heavy atom. The molecule has 1 fully saturated rings. The number of fused-ring (bicyclic) bond motifs is 1. The SMILES string of the molecule is CN(CCOc1ccc(/C(=C(/CCCl)c2ccccc2)c2ccccc2)cc1)C(=O)CCOCCOCCOCCC(=O)Nc1cccc2c1CN(C1CCC(=O)NC1=O)C2=O. The number of nitrogens with zero attached hydrogens (tertiary/aromatic N) is 2. The van der Waals surface area contributed by atoms with Gasteiger partial charge < -0.3 is 34.1 Å². The molecular weight excluding hydrogens is 812 g/mol. The molecule has 0 spiro atoms. The van der Waals surface area contributed by atoms with Gasteiger partial charge in [-0.15, -0.1) is 11.6 Å². The largest absolute Gasteiger partial charge is 0.492 e. The van der Waals surface area contributed by atoms with Crippen LogP contribution in [-0.2, 0) is 39.9 Å². The monoisotopic (exact) mass is 864 g/mol. The molecule has 14 heteroatoms. The molecule has 1 unspecified atom stereocenters. The number of rotatable bonds is 23. The zero-order chi connectivity index (χ0) is 43.7. The highest BCUT2D eigenvalue weighted by Crippen LogP contribution is 2.36. The molecule has 13 nitrogen and oxygen atoms in total. The third-order valence-corrected chi connectivity index (χ3v) is 10.8. The summed E-state index contributed by atoms with van der Waals surface area (Å²) in [6, 6.07) is 33.0. The lowest BCUT2D eigenvalue weighted by molar-refractivity contribution is -0.137. The minimum Gasteiger partial charge on any atom is -0.492 e. The second-order valence-corrected chi connectivity index (χ2v) is 15.2. The molecule has 1 atom stereocenters. The van der Waals surface area contributed by atoms with Crippen molar-refractivity contribution < 1.29 is 42.9 Å². The fourth-order valence-corrected chi connectivity index (χ4v) is 7.57. The van der Waals surface area contributed by atoms with Crippen LogP contribution in [0, 0.1) is 0 Å². The van der Waals surface area contributed by atoms with Gasteiger partial charge in [0.05, 0.1) is 59.0 Å². The Balaban J connectivity index is 0.815. The maximum absolute atomic E-state index is 13.0. The van der Waals surface area contributed by atoms with E-state index in [9.17, 15) is 24.0 Å². The zero-order valence-electron chi connectivity index (χ0n) is 34.9. The van der Waals surface area contributed by atoms with Crippen LogP contribution >= 0.6 is 11.6 Å². The Morgan fingerprint density at radius 2 is 1.37 bits per heavy atom. The third kappa shape index (κ3) is 12.6. The van der Waals surface area contributed by atoms with Crippen molar-refractivity contribution in [3.8, 4) is 5.75 Å². The Morgan fingerprint density at radius 3 is 2.03 bits per heavy atom. The standard InChI is InChI=1S/C48H53ClN4O9/c1-52(25-28-62-37-17-15-36(16-18-37)46(35-11-6-3-7-12-35)38(21-24-49)34-9-4-2-5-10-34)45(56)23-27-60-30-32-61-31-29-59-26-22-44(55)50-41-14-8-13-39-40(41)33-53(48(39)58)42-19-20-43(54)51-47(42)57/h2-18,42H,19-33H2,1H3,(H,50,55)(H,51,54,57)/b46-38-. The fraction of sp³-hybridized carbons (Fsp3) is 0.354. The minimum absolute atomic E-state index is 0.0491. The second-order valence-electron chi connectivity index (χ2n) is 14.8. The van der Waals surface area contributed by atoms with Crippen molar-refractivity contribution in [3.63, 3.8) is 0 Å². The highest BCUT2D eigenvalue weighted by atomic mass is 35.5. The first-order valence-electron chi connectivity index (χ1n) is 20.9. The van der Waals surface area contributed by atoms with Crippen LogP contribution in [0.25, 0.3) is 11.1 Å². The van der Waals surface area contributed by atoms with Crippen LogP contribution in [-0.4, -0.2) is 111 Å². The van der Waals surface area contributed by atoms with E-state index in [4.69, 9.17) is 30.5 Å². The van der Waals surface area contributed by atoms with E-state index < -0.39 is 11.9 Å². The van der Waals surface area contributed by atoms with Gasteiger partial charge in [0.2, 0.25) is 23.6 Å². The molecule has 2 heterocycles. The summed E-state index contributed by atoms with van der Waals surface area (Å²) in [6.45, 7) is 2.62. The number of piperidine rings is 1. The topological polar surface area (TPSA) is 153 Å². The van der Waals surface area contributed by atoms with Crippen LogP contribution in [0.1, 0.15) is 64.7 Å². The maximum Gasteiger partial charge on any atom is 0.255 e. The summed E-state index contributed by atoms with van der Waals surface area (Å²) in [5.74, 6) is -0.250. The number of ether oxygens (including phenoxy) is 4. The van der Waals surface area contributed by atoms with Gasteiger partial charge in [0, 0.05) is 42.7 Å². The first kappa shape index (κ1) is 45.7. The number of carbonyl (C=O) groups is 5. The zero-order valence-corrected chi connectivity index (χ0v) is 35.7. The third-order valence-electron chi connectivity index (χ3n) is 10.6. The number of hydrogen-bond donors (Lipinski definition) is 2. The maximum atomic E-state index is 13.0. The average Bonchev–Trinajstić information content (AvgIpc) is 3.62. The van der Waals surface area contributed by atoms with E-state index in [0.717, 1.165) is 28.7 Å². The number of halogens is 1. The van der Waals surface area contributed by atoms with Crippen molar-refractivity contribution in [2.45, 2.75) is 44.7 Å². The number of amides is 5. The molecule has 0 radical (unpaired) electrons. The number of alkyl halides is 1. The Kier molecular flexibility index (Phi) is 17.2. The molecule has 326 valence electrons. The lowest BCUT2D eigenvalue weighted by Crippen LogP contribution is -2.52. The van der Waals surface area contributed by atoms with Crippen LogP contribution in [0.4, 0.5) is 5.69 Å². The van der Waals surface area contributed by atoms with Crippen molar-refractivity contribution in [1.82, 2.24) is 15.1 Å². The number of nitrogens with one attached hydrogen (secondary N) is 2. The van der Waals surface area contributed by atoms with Gasteiger partial charge in [-0.2, -0.15) is 0 Å². The van der Waals surface area contributed by atoms with Crippen molar-refractivity contribution >= 4 is 58.0 Å². The Hall–Kier alpha value is -5.86. The first-order chi connectivity index (χ1) is 30.2. The van der Waals surface area contributed by atoms with Crippen molar-refractivity contribution in [3.05, 3.63) is 131 Å². The highest BCUT2D eigenvalue weighted by Gasteiger charge is 2.40. The molecule has 4 aromatic rings.